The first kappa shape index (κ1) is 14.9. The number of hydrogen-bond donors (Lipinski definition) is 0. The van der Waals surface area contributed by atoms with E-state index >= 15 is 0 Å². The van der Waals surface area contributed by atoms with Crippen LogP contribution in [0.4, 0.5) is 13.2 Å². The van der Waals surface area contributed by atoms with E-state index in [-0.39, 0.29) is 12.6 Å². The number of halogens is 3. The molecule has 0 aromatic heterocycles. The highest BCUT2D eigenvalue weighted by Crippen LogP contribution is 2.38. The van der Waals surface area contributed by atoms with Crippen molar-refractivity contribution in [3.05, 3.63) is 83.4 Å². The molecule has 0 aliphatic carbocycles. The molecular formula is C18H16F3N. The Balaban J connectivity index is 1.88. The number of benzene rings is 2. The predicted molar refractivity (Wildman–Crippen MR) is 80.2 cm³/mol. The molecular weight excluding hydrogens is 287 g/mol. The first-order chi connectivity index (χ1) is 10.5. The molecule has 0 fully saturated rings. The fourth-order valence-electron chi connectivity index (χ4n) is 2.78. The van der Waals surface area contributed by atoms with Crippen molar-refractivity contribution >= 4 is 0 Å². The monoisotopic (exact) mass is 303 g/mol. The molecule has 0 bridgehead atoms. The average Bonchev–Trinajstić information content (AvgIpc) is 2.93. The van der Waals surface area contributed by atoms with Crippen LogP contribution in [0, 0.1) is 0 Å². The van der Waals surface area contributed by atoms with Gasteiger partial charge in [-0.1, -0.05) is 66.7 Å². The van der Waals surface area contributed by atoms with Crippen LogP contribution >= 0.6 is 0 Å². The maximum atomic E-state index is 13.1. The summed E-state index contributed by atoms with van der Waals surface area (Å²) in [6, 6.07) is 18.6. The third kappa shape index (κ3) is 3.22. The highest BCUT2D eigenvalue weighted by Gasteiger charge is 2.40. The molecule has 0 N–H and O–H groups in total. The molecule has 1 aliphatic rings. The minimum Gasteiger partial charge on any atom is -0.284 e. The molecule has 114 valence electrons. The molecule has 0 radical (unpaired) electrons. The first-order valence-electron chi connectivity index (χ1n) is 7.15. The molecule has 2 aromatic carbocycles. The largest absolute Gasteiger partial charge is 0.413 e. The molecule has 0 spiro atoms. The molecule has 2 aromatic rings. The van der Waals surface area contributed by atoms with Gasteiger partial charge in [-0.15, -0.1) is 0 Å². The van der Waals surface area contributed by atoms with Crippen molar-refractivity contribution in [2.24, 2.45) is 0 Å². The third-order valence-corrected chi connectivity index (χ3v) is 3.86. The molecule has 1 nitrogen and oxygen atoms in total. The van der Waals surface area contributed by atoms with Crippen LogP contribution in [0.3, 0.4) is 0 Å². The van der Waals surface area contributed by atoms with E-state index in [4.69, 9.17) is 0 Å². The first-order valence-corrected chi connectivity index (χ1v) is 7.15. The molecule has 1 heterocycles. The highest BCUT2D eigenvalue weighted by molar-refractivity contribution is 5.31. The summed E-state index contributed by atoms with van der Waals surface area (Å²) in [6.07, 6.45) is -2.92. The fraction of sp³-hybridized carbons (Fsp3) is 0.222. The quantitative estimate of drug-likeness (QED) is 0.741. The Morgan fingerprint density at radius 1 is 0.909 bits per heavy atom. The lowest BCUT2D eigenvalue weighted by Gasteiger charge is -2.25. The van der Waals surface area contributed by atoms with Crippen molar-refractivity contribution in [1.29, 1.82) is 0 Å². The van der Waals surface area contributed by atoms with Gasteiger partial charge in [0.15, 0.2) is 0 Å². The van der Waals surface area contributed by atoms with E-state index in [1.807, 2.05) is 65.6 Å². The second-order valence-electron chi connectivity index (χ2n) is 5.44. The highest BCUT2D eigenvalue weighted by atomic mass is 19.4. The van der Waals surface area contributed by atoms with Gasteiger partial charge in [-0.05, 0) is 11.1 Å². The standard InChI is InChI=1S/C18H16F3N/c19-18(20,21)16-11-17(15-9-5-2-6-10-15)22(13-16)12-14-7-3-1-4-8-14/h1-11,17H,12-13H2/t17-/m0/s1. The minimum absolute atomic E-state index is 0.0715. The van der Waals surface area contributed by atoms with E-state index in [1.54, 1.807) is 0 Å². The zero-order chi connectivity index (χ0) is 15.6. The van der Waals surface area contributed by atoms with Gasteiger partial charge in [0, 0.05) is 18.7 Å². The minimum atomic E-state index is -4.27. The lowest BCUT2D eigenvalue weighted by Crippen LogP contribution is -2.26. The molecule has 1 atom stereocenters. The van der Waals surface area contributed by atoms with Crippen molar-refractivity contribution in [3.8, 4) is 0 Å². The van der Waals surface area contributed by atoms with Crippen molar-refractivity contribution < 1.29 is 13.2 Å². The Morgan fingerprint density at radius 3 is 2.09 bits per heavy atom. The predicted octanol–water partition coefficient (Wildman–Crippen LogP) is 4.73. The summed E-state index contributed by atoms with van der Waals surface area (Å²) in [5, 5.41) is 0. The lowest BCUT2D eigenvalue weighted by molar-refractivity contribution is -0.0937. The molecule has 0 amide bonds. The zero-order valence-corrected chi connectivity index (χ0v) is 11.9. The summed E-state index contributed by atoms with van der Waals surface area (Å²) >= 11 is 0. The number of hydrogen-bond acceptors (Lipinski definition) is 1. The van der Waals surface area contributed by atoms with E-state index in [0.29, 0.717) is 6.54 Å². The summed E-state index contributed by atoms with van der Waals surface area (Å²) in [5.74, 6) is 0. The Bertz CT molecular complexity index is 647. The van der Waals surface area contributed by atoms with Gasteiger partial charge in [0.05, 0.1) is 6.04 Å². The SMILES string of the molecule is FC(F)(F)C1=C[C@@H](c2ccccc2)N(Cc2ccccc2)C1. The van der Waals surface area contributed by atoms with Gasteiger partial charge >= 0.3 is 6.18 Å². The van der Waals surface area contributed by atoms with Crippen molar-refractivity contribution in [3.63, 3.8) is 0 Å². The Hall–Kier alpha value is -2.07. The number of alkyl halides is 3. The number of rotatable bonds is 3. The van der Waals surface area contributed by atoms with Gasteiger partial charge in [-0.3, -0.25) is 4.90 Å². The number of nitrogens with zero attached hydrogens (tertiary/aromatic N) is 1. The third-order valence-electron chi connectivity index (χ3n) is 3.86. The van der Waals surface area contributed by atoms with Crippen LogP contribution in [0.2, 0.25) is 0 Å². The van der Waals surface area contributed by atoms with Crippen LogP contribution in [-0.2, 0) is 6.54 Å². The maximum absolute atomic E-state index is 13.1. The summed E-state index contributed by atoms with van der Waals surface area (Å²) in [7, 11) is 0. The summed E-state index contributed by atoms with van der Waals surface area (Å²) in [4.78, 5) is 1.85. The van der Waals surface area contributed by atoms with Crippen molar-refractivity contribution in [2.45, 2.75) is 18.8 Å². The van der Waals surface area contributed by atoms with Crippen molar-refractivity contribution in [2.75, 3.05) is 6.54 Å². The molecule has 0 unspecified atom stereocenters. The fourth-order valence-corrected chi connectivity index (χ4v) is 2.78. The molecule has 0 saturated carbocycles. The van der Waals surface area contributed by atoms with Crippen LogP contribution in [0.1, 0.15) is 17.2 Å². The molecule has 1 aliphatic heterocycles. The van der Waals surface area contributed by atoms with Gasteiger partial charge in [-0.25, -0.2) is 0 Å². The van der Waals surface area contributed by atoms with E-state index in [0.717, 1.165) is 11.1 Å². The smallest absolute Gasteiger partial charge is 0.284 e. The van der Waals surface area contributed by atoms with E-state index in [9.17, 15) is 13.2 Å². The van der Waals surface area contributed by atoms with Gasteiger partial charge in [0.25, 0.3) is 0 Å². The molecule has 0 saturated heterocycles. The van der Waals surface area contributed by atoms with Crippen LogP contribution in [0.5, 0.6) is 0 Å². The van der Waals surface area contributed by atoms with Crippen molar-refractivity contribution in [1.82, 2.24) is 4.90 Å². The normalized spacial score (nSPS) is 19.2. The van der Waals surface area contributed by atoms with Crippen LogP contribution in [-0.4, -0.2) is 17.6 Å². The molecule has 4 heteroatoms. The van der Waals surface area contributed by atoms with Crippen LogP contribution in [0.25, 0.3) is 0 Å². The summed E-state index contributed by atoms with van der Waals surface area (Å²) in [5.41, 5.74) is 1.44. The molecule has 22 heavy (non-hydrogen) atoms. The molecule has 3 rings (SSSR count). The Kier molecular flexibility index (Phi) is 4.03. The van der Waals surface area contributed by atoms with Crippen LogP contribution < -0.4 is 0 Å². The summed E-state index contributed by atoms with van der Waals surface area (Å²) in [6.45, 7) is 0.425. The topological polar surface area (TPSA) is 3.24 Å². The average molecular weight is 303 g/mol. The Morgan fingerprint density at radius 2 is 1.50 bits per heavy atom. The maximum Gasteiger partial charge on any atom is 0.413 e. The zero-order valence-electron chi connectivity index (χ0n) is 11.9. The van der Waals surface area contributed by atoms with Crippen LogP contribution in [0.15, 0.2) is 72.3 Å². The van der Waals surface area contributed by atoms with E-state index in [1.165, 1.54) is 6.08 Å². The lowest BCUT2D eigenvalue weighted by atomic mass is 10.1. The van der Waals surface area contributed by atoms with E-state index in [2.05, 4.69) is 0 Å². The Labute approximate surface area is 127 Å². The van der Waals surface area contributed by atoms with E-state index < -0.39 is 11.7 Å². The summed E-state index contributed by atoms with van der Waals surface area (Å²) < 4.78 is 39.2. The van der Waals surface area contributed by atoms with Gasteiger partial charge in [-0.2, -0.15) is 13.2 Å². The second-order valence-corrected chi connectivity index (χ2v) is 5.44. The van der Waals surface area contributed by atoms with Gasteiger partial charge < -0.3 is 0 Å². The van der Waals surface area contributed by atoms with Gasteiger partial charge in [0.1, 0.15) is 0 Å². The van der Waals surface area contributed by atoms with Gasteiger partial charge in [0.2, 0.25) is 0 Å². The second kappa shape index (κ2) is 5.97.